The molecular weight excluding hydrogens is 368 g/mol. The first-order valence-corrected chi connectivity index (χ1v) is 10.4. The molecule has 2 heterocycles. The molecular formula is C22H22N4OS. The van der Waals surface area contributed by atoms with Gasteiger partial charge in [-0.1, -0.05) is 30.7 Å². The number of hydrogen-bond acceptors (Lipinski definition) is 5. The number of para-hydroxylation sites is 1. The van der Waals surface area contributed by atoms with Gasteiger partial charge in [0.1, 0.15) is 5.01 Å². The van der Waals surface area contributed by atoms with Gasteiger partial charge in [0.25, 0.3) is 0 Å². The highest BCUT2D eigenvalue weighted by Crippen LogP contribution is 2.35. The highest BCUT2D eigenvalue weighted by molar-refractivity contribution is 7.18. The predicted octanol–water partition coefficient (Wildman–Crippen LogP) is 4.53. The van der Waals surface area contributed by atoms with Crippen LogP contribution in [0.15, 0.2) is 48.5 Å². The van der Waals surface area contributed by atoms with Gasteiger partial charge in [-0.2, -0.15) is 5.26 Å². The molecule has 1 fully saturated rings. The molecule has 1 aliphatic heterocycles. The highest BCUT2D eigenvalue weighted by Gasteiger charge is 2.28. The molecule has 0 bridgehead atoms. The highest BCUT2D eigenvalue weighted by atomic mass is 32.1. The second kappa shape index (κ2) is 8.51. The number of aromatic nitrogens is 1. The summed E-state index contributed by atoms with van der Waals surface area (Å²) in [6.45, 7) is 1.27. The summed E-state index contributed by atoms with van der Waals surface area (Å²) in [6.07, 6.45) is 3.69. The van der Waals surface area contributed by atoms with E-state index in [1.54, 1.807) is 11.3 Å². The summed E-state index contributed by atoms with van der Waals surface area (Å²) in [5.74, 6) is -0.0129. The number of amides is 1. The van der Waals surface area contributed by atoms with Crippen molar-refractivity contribution in [1.29, 1.82) is 5.26 Å². The quantitative estimate of drug-likeness (QED) is 0.695. The summed E-state index contributed by atoms with van der Waals surface area (Å²) in [7, 11) is 0. The van der Waals surface area contributed by atoms with E-state index in [9.17, 15) is 4.79 Å². The lowest BCUT2D eigenvalue weighted by atomic mass is 10.0. The standard InChI is InChI=1S/C22H22N4OS/c23-13-12-16-8-10-17(11-9-16)24-21(27)15-26-14-4-3-6-19(26)22-25-18-5-1-2-7-20(18)28-22/h1-2,5,7-11,19H,3-4,6,12,14-15H2,(H,24,27)/t19-/m0/s1. The molecule has 3 aromatic rings. The minimum absolute atomic E-state index is 0.0129. The van der Waals surface area contributed by atoms with Gasteiger partial charge in [-0.25, -0.2) is 4.98 Å². The molecule has 1 atom stereocenters. The van der Waals surface area contributed by atoms with E-state index in [0.717, 1.165) is 41.2 Å². The SMILES string of the molecule is N#CCc1ccc(NC(=O)CN2CCCC[C@H]2c2nc3ccccc3s2)cc1. The van der Waals surface area contributed by atoms with Crippen LogP contribution in [-0.2, 0) is 11.2 Å². The second-order valence-electron chi connectivity index (χ2n) is 7.08. The van der Waals surface area contributed by atoms with E-state index in [4.69, 9.17) is 10.2 Å². The number of carbonyl (C=O) groups is 1. The largest absolute Gasteiger partial charge is 0.325 e. The van der Waals surface area contributed by atoms with Crippen LogP contribution < -0.4 is 5.32 Å². The Balaban J connectivity index is 1.44. The Hall–Kier alpha value is -2.75. The van der Waals surface area contributed by atoms with Crippen LogP contribution in [0.1, 0.15) is 35.9 Å². The van der Waals surface area contributed by atoms with Gasteiger partial charge in [0.15, 0.2) is 0 Å². The third-order valence-corrected chi connectivity index (χ3v) is 6.21. The van der Waals surface area contributed by atoms with Gasteiger partial charge in [0, 0.05) is 5.69 Å². The van der Waals surface area contributed by atoms with Crippen molar-refractivity contribution in [2.75, 3.05) is 18.4 Å². The third-order valence-electron chi connectivity index (χ3n) is 5.08. The van der Waals surface area contributed by atoms with E-state index in [2.05, 4.69) is 22.4 Å². The molecule has 4 rings (SSSR count). The summed E-state index contributed by atoms with van der Waals surface area (Å²) in [5, 5.41) is 12.8. The van der Waals surface area contributed by atoms with Crippen molar-refractivity contribution in [2.45, 2.75) is 31.7 Å². The maximum atomic E-state index is 12.6. The number of nitriles is 1. The molecule has 0 radical (unpaired) electrons. The minimum atomic E-state index is -0.0129. The van der Waals surface area contributed by atoms with Crippen molar-refractivity contribution in [1.82, 2.24) is 9.88 Å². The number of piperidine rings is 1. The van der Waals surface area contributed by atoms with Crippen LogP contribution in [0.25, 0.3) is 10.2 Å². The number of anilines is 1. The Kier molecular flexibility index (Phi) is 5.65. The Morgan fingerprint density at radius 1 is 1.21 bits per heavy atom. The van der Waals surface area contributed by atoms with E-state index in [1.807, 2.05) is 42.5 Å². The summed E-state index contributed by atoms with van der Waals surface area (Å²) >= 11 is 1.73. The second-order valence-corrected chi connectivity index (χ2v) is 8.14. The number of nitrogens with zero attached hydrogens (tertiary/aromatic N) is 3. The zero-order valence-corrected chi connectivity index (χ0v) is 16.4. The number of nitrogens with one attached hydrogen (secondary N) is 1. The molecule has 1 saturated heterocycles. The van der Waals surface area contributed by atoms with Crippen molar-refractivity contribution in [3.8, 4) is 6.07 Å². The number of rotatable bonds is 5. The van der Waals surface area contributed by atoms with E-state index in [0.29, 0.717) is 13.0 Å². The van der Waals surface area contributed by atoms with Crippen LogP contribution >= 0.6 is 11.3 Å². The number of fused-ring (bicyclic) bond motifs is 1. The number of carbonyl (C=O) groups excluding carboxylic acids is 1. The van der Waals surface area contributed by atoms with Gasteiger partial charge < -0.3 is 5.32 Å². The molecule has 28 heavy (non-hydrogen) atoms. The zero-order chi connectivity index (χ0) is 19.3. The monoisotopic (exact) mass is 390 g/mol. The van der Waals surface area contributed by atoms with Crippen molar-refractivity contribution in [2.24, 2.45) is 0 Å². The number of benzene rings is 2. The van der Waals surface area contributed by atoms with Crippen LogP contribution in [0.2, 0.25) is 0 Å². The first-order chi connectivity index (χ1) is 13.7. The van der Waals surface area contributed by atoms with E-state index >= 15 is 0 Å². The van der Waals surface area contributed by atoms with Gasteiger partial charge in [-0.3, -0.25) is 9.69 Å². The van der Waals surface area contributed by atoms with Gasteiger partial charge in [-0.15, -0.1) is 11.3 Å². The molecule has 6 heteroatoms. The summed E-state index contributed by atoms with van der Waals surface area (Å²) in [4.78, 5) is 19.7. The molecule has 1 aliphatic rings. The smallest absolute Gasteiger partial charge is 0.238 e. The van der Waals surface area contributed by atoms with Crippen LogP contribution in [-0.4, -0.2) is 28.9 Å². The van der Waals surface area contributed by atoms with E-state index in [-0.39, 0.29) is 11.9 Å². The first kappa shape index (κ1) is 18.6. The zero-order valence-electron chi connectivity index (χ0n) is 15.6. The fraction of sp³-hybridized carbons (Fsp3) is 0.318. The van der Waals surface area contributed by atoms with Crippen molar-refractivity contribution in [3.63, 3.8) is 0 Å². The van der Waals surface area contributed by atoms with Gasteiger partial charge >= 0.3 is 0 Å². The number of likely N-dealkylation sites (tertiary alicyclic amines) is 1. The maximum absolute atomic E-state index is 12.6. The molecule has 1 N–H and O–H groups in total. The molecule has 2 aromatic carbocycles. The van der Waals surface area contributed by atoms with Crippen LogP contribution in [0, 0.1) is 11.3 Å². The summed E-state index contributed by atoms with van der Waals surface area (Å²) in [6, 6.07) is 18.0. The minimum Gasteiger partial charge on any atom is -0.325 e. The molecule has 0 spiro atoms. The average molecular weight is 391 g/mol. The lowest BCUT2D eigenvalue weighted by Crippen LogP contribution is -2.39. The van der Waals surface area contributed by atoms with Crippen LogP contribution in [0.3, 0.4) is 0 Å². The summed E-state index contributed by atoms with van der Waals surface area (Å²) < 4.78 is 1.20. The van der Waals surface area contributed by atoms with Crippen LogP contribution in [0.4, 0.5) is 5.69 Å². The van der Waals surface area contributed by atoms with E-state index < -0.39 is 0 Å². The average Bonchev–Trinajstić information content (AvgIpc) is 3.14. The molecule has 5 nitrogen and oxygen atoms in total. The number of hydrogen-bond donors (Lipinski definition) is 1. The number of thiazole rings is 1. The van der Waals surface area contributed by atoms with Crippen LogP contribution in [0.5, 0.6) is 0 Å². The van der Waals surface area contributed by atoms with Gasteiger partial charge in [0.05, 0.1) is 35.3 Å². The fourth-order valence-corrected chi connectivity index (χ4v) is 4.81. The van der Waals surface area contributed by atoms with Gasteiger partial charge in [-0.05, 0) is 49.2 Å². The molecule has 0 saturated carbocycles. The molecule has 142 valence electrons. The lowest BCUT2D eigenvalue weighted by Gasteiger charge is -2.33. The first-order valence-electron chi connectivity index (χ1n) is 9.58. The molecule has 1 amide bonds. The lowest BCUT2D eigenvalue weighted by molar-refractivity contribution is -0.118. The Morgan fingerprint density at radius 3 is 2.82 bits per heavy atom. The molecule has 0 unspecified atom stereocenters. The molecule has 0 aliphatic carbocycles. The third kappa shape index (κ3) is 4.22. The molecule has 1 aromatic heterocycles. The van der Waals surface area contributed by atoms with Crippen molar-refractivity contribution >= 4 is 33.1 Å². The van der Waals surface area contributed by atoms with Crippen molar-refractivity contribution < 1.29 is 4.79 Å². The Morgan fingerprint density at radius 2 is 2.04 bits per heavy atom. The Bertz CT molecular complexity index is 972. The fourth-order valence-electron chi connectivity index (χ4n) is 3.67. The normalized spacial score (nSPS) is 17.3. The predicted molar refractivity (Wildman–Crippen MR) is 112 cm³/mol. The summed E-state index contributed by atoms with van der Waals surface area (Å²) in [5.41, 5.74) is 2.75. The van der Waals surface area contributed by atoms with Gasteiger partial charge in [0.2, 0.25) is 5.91 Å². The maximum Gasteiger partial charge on any atom is 0.238 e. The van der Waals surface area contributed by atoms with E-state index in [1.165, 1.54) is 11.1 Å². The van der Waals surface area contributed by atoms with Crippen molar-refractivity contribution in [3.05, 3.63) is 59.1 Å². The topological polar surface area (TPSA) is 69.0 Å². The Labute approximate surface area is 168 Å².